The van der Waals surface area contributed by atoms with Crippen LogP contribution in [0.25, 0.3) is 0 Å². The summed E-state index contributed by atoms with van der Waals surface area (Å²) < 4.78 is 11.2. The summed E-state index contributed by atoms with van der Waals surface area (Å²) in [5.74, 6) is -0.404. The Labute approximate surface area is 244 Å². The molecule has 0 saturated carbocycles. The number of alkyl carbamates (subject to hydrolysis) is 1. The van der Waals surface area contributed by atoms with Gasteiger partial charge in [0, 0.05) is 6.54 Å². The van der Waals surface area contributed by atoms with Gasteiger partial charge in [-0.1, -0.05) is 54.6 Å². The standard InChI is InChI=1S/C30H37N2O4P.HI/c1-30(2,3)36-29(34)31-28(33)24-32(4)20-21-35-22-23-37(25-14-8-5-9-15-25,26-16-10-6-11-17-26)27-18-12-7-13-19-27;/h5-19H,20-24H2,1-4H3;1H. The van der Waals surface area contributed by atoms with Crippen molar-refractivity contribution in [1.82, 2.24) is 10.2 Å². The maximum Gasteiger partial charge on any atom is 0.414 e. The number of likely N-dealkylation sites (N-methyl/N-ethyl adjacent to an activating group) is 1. The number of nitrogens with one attached hydrogen (secondary N) is 1. The van der Waals surface area contributed by atoms with Crippen molar-refractivity contribution >= 4 is 35.2 Å². The lowest BCUT2D eigenvalue weighted by Gasteiger charge is -2.27. The lowest BCUT2D eigenvalue weighted by atomic mass is 10.2. The topological polar surface area (TPSA) is 67.9 Å². The number of hydrogen-bond acceptors (Lipinski definition) is 5. The van der Waals surface area contributed by atoms with E-state index in [1.54, 1.807) is 20.8 Å². The minimum absolute atomic E-state index is 0. The average molecular weight is 649 g/mol. The maximum absolute atomic E-state index is 12.2. The van der Waals surface area contributed by atoms with Gasteiger partial charge in [0.15, 0.2) is 0 Å². The average Bonchev–Trinajstić information content (AvgIpc) is 2.86. The van der Waals surface area contributed by atoms with Gasteiger partial charge in [-0.05, 0) is 64.2 Å². The van der Waals surface area contributed by atoms with Gasteiger partial charge in [-0.15, -0.1) is 0 Å². The zero-order valence-corrected chi connectivity index (χ0v) is 25.7. The largest absolute Gasteiger partial charge is 1.00 e. The Morgan fingerprint density at radius 2 is 1.24 bits per heavy atom. The summed E-state index contributed by atoms with van der Waals surface area (Å²) in [5.41, 5.74) is -0.652. The normalized spacial score (nSPS) is 11.5. The van der Waals surface area contributed by atoms with Crippen molar-refractivity contribution in [3.05, 3.63) is 91.0 Å². The van der Waals surface area contributed by atoms with Crippen molar-refractivity contribution in [2.45, 2.75) is 26.4 Å². The summed E-state index contributed by atoms with van der Waals surface area (Å²) in [4.78, 5) is 25.8. The van der Waals surface area contributed by atoms with Crippen LogP contribution in [-0.2, 0) is 14.3 Å². The number of nitrogens with zero attached hydrogens (tertiary/aromatic N) is 1. The van der Waals surface area contributed by atoms with Gasteiger partial charge in [0.2, 0.25) is 5.91 Å². The van der Waals surface area contributed by atoms with Crippen LogP contribution in [0.1, 0.15) is 20.8 Å². The fourth-order valence-corrected chi connectivity index (χ4v) is 8.30. The van der Waals surface area contributed by atoms with E-state index in [1.807, 2.05) is 11.9 Å². The quantitative estimate of drug-likeness (QED) is 0.191. The molecular formula is C30H38IN2O4P. The van der Waals surface area contributed by atoms with E-state index in [4.69, 9.17) is 9.47 Å². The van der Waals surface area contributed by atoms with Crippen molar-refractivity contribution in [3.8, 4) is 0 Å². The lowest BCUT2D eigenvalue weighted by molar-refractivity contribution is -0.121. The molecule has 0 radical (unpaired) electrons. The van der Waals surface area contributed by atoms with Crippen LogP contribution in [0.3, 0.4) is 0 Å². The van der Waals surface area contributed by atoms with Crippen LogP contribution in [0, 0.1) is 0 Å². The molecule has 6 nitrogen and oxygen atoms in total. The van der Waals surface area contributed by atoms with E-state index >= 15 is 0 Å². The van der Waals surface area contributed by atoms with Gasteiger partial charge >= 0.3 is 6.09 Å². The van der Waals surface area contributed by atoms with Gasteiger partial charge < -0.3 is 33.5 Å². The minimum Gasteiger partial charge on any atom is -1.00 e. The molecule has 0 spiro atoms. The van der Waals surface area contributed by atoms with Gasteiger partial charge in [-0.2, -0.15) is 0 Å². The Balaban J connectivity index is 0.00000507. The summed E-state index contributed by atoms with van der Waals surface area (Å²) in [7, 11) is -0.101. The number of ether oxygens (including phenoxy) is 2. The predicted octanol–water partition coefficient (Wildman–Crippen LogP) is 0.984. The van der Waals surface area contributed by atoms with Gasteiger partial charge in [0.1, 0.15) is 28.8 Å². The van der Waals surface area contributed by atoms with E-state index in [0.717, 1.165) is 6.16 Å². The molecule has 0 aliphatic heterocycles. The second kappa shape index (κ2) is 15.3. The molecule has 3 rings (SSSR count). The molecule has 8 heteroatoms. The molecule has 0 bridgehead atoms. The smallest absolute Gasteiger partial charge is 0.414 e. The Morgan fingerprint density at radius 1 is 0.789 bits per heavy atom. The molecule has 204 valence electrons. The second-order valence-electron chi connectivity index (χ2n) is 9.94. The molecule has 0 aromatic heterocycles. The summed E-state index contributed by atoms with van der Waals surface area (Å²) in [6.07, 6.45) is 0.138. The van der Waals surface area contributed by atoms with E-state index in [9.17, 15) is 9.59 Å². The molecule has 0 saturated heterocycles. The number of rotatable bonds is 11. The van der Waals surface area contributed by atoms with Crippen LogP contribution in [0.15, 0.2) is 91.0 Å². The molecule has 2 amide bonds. The number of carbonyl (C=O) groups is 2. The van der Waals surface area contributed by atoms with Crippen LogP contribution < -0.4 is 45.2 Å². The second-order valence-corrected chi connectivity index (χ2v) is 13.6. The van der Waals surface area contributed by atoms with Crippen LogP contribution in [0.5, 0.6) is 0 Å². The van der Waals surface area contributed by atoms with Crippen LogP contribution in [0.2, 0.25) is 0 Å². The fourth-order valence-electron chi connectivity index (χ4n) is 4.19. The van der Waals surface area contributed by atoms with E-state index in [-0.39, 0.29) is 30.5 Å². The summed E-state index contributed by atoms with van der Waals surface area (Å²) in [6.45, 7) is 6.98. The maximum atomic E-state index is 12.2. The molecule has 0 aliphatic rings. The van der Waals surface area contributed by atoms with Crippen LogP contribution in [0.4, 0.5) is 4.79 Å². The first-order chi connectivity index (χ1) is 17.7. The van der Waals surface area contributed by atoms with Crippen molar-refractivity contribution < 1.29 is 43.0 Å². The van der Waals surface area contributed by atoms with Crippen molar-refractivity contribution in [2.75, 3.05) is 39.5 Å². The lowest BCUT2D eigenvalue weighted by Crippen LogP contribution is -3.00. The van der Waals surface area contributed by atoms with Gasteiger partial charge in [-0.25, -0.2) is 4.79 Å². The molecule has 38 heavy (non-hydrogen) atoms. The molecule has 0 heterocycles. The summed E-state index contributed by atoms with van der Waals surface area (Å²) in [6, 6.07) is 32.2. The zero-order chi connectivity index (χ0) is 26.7. The number of amides is 2. The van der Waals surface area contributed by atoms with Gasteiger partial charge in [-0.3, -0.25) is 15.0 Å². The number of halogens is 1. The Morgan fingerprint density at radius 3 is 1.66 bits per heavy atom. The third kappa shape index (κ3) is 9.45. The number of carbonyl (C=O) groups excluding carboxylic acids is 2. The Hall–Kier alpha value is -2.32. The molecule has 1 N–H and O–H groups in total. The summed E-state index contributed by atoms with van der Waals surface area (Å²) in [5, 5.41) is 6.24. The predicted molar refractivity (Wildman–Crippen MR) is 153 cm³/mol. The number of hydrogen-bond donors (Lipinski definition) is 1. The highest BCUT2D eigenvalue weighted by Crippen LogP contribution is 2.54. The monoisotopic (exact) mass is 648 g/mol. The van der Waals surface area contributed by atoms with Gasteiger partial charge in [0.05, 0.1) is 25.9 Å². The van der Waals surface area contributed by atoms with Crippen molar-refractivity contribution in [3.63, 3.8) is 0 Å². The molecular weight excluding hydrogens is 610 g/mol. The Bertz CT molecular complexity index is 1030. The molecule has 3 aromatic carbocycles. The molecule has 3 aromatic rings. The third-order valence-corrected chi connectivity index (χ3v) is 10.2. The SMILES string of the molecule is CN(CCOCC[P+](c1ccccc1)(c1ccccc1)c1ccccc1)CC(=O)NC(=O)OC(C)(C)C.[I-]. The highest BCUT2D eigenvalue weighted by atomic mass is 127. The van der Waals surface area contributed by atoms with E-state index in [2.05, 4.69) is 96.3 Å². The molecule has 0 atom stereocenters. The van der Waals surface area contributed by atoms with E-state index < -0.39 is 24.9 Å². The fraction of sp³-hybridized carbons (Fsp3) is 0.333. The first-order valence-corrected chi connectivity index (χ1v) is 14.5. The zero-order valence-electron chi connectivity index (χ0n) is 22.6. The highest BCUT2D eigenvalue weighted by molar-refractivity contribution is 7.95. The van der Waals surface area contributed by atoms with Crippen LogP contribution in [-0.4, -0.2) is 62.0 Å². The minimum atomic E-state index is -1.93. The number of imide groups is 1. The molecule has 0 fully saturated rings. The summed E-state index contributed by atoms with van der Waals surface area (Å²) >= 11 is 0. The third-order valence-electron chi connectivity index (χ3n) is 5.83. The van der Waals surface area contributed by atoms with E-state index in [0.29, 0.717) is 19.8 Å². The first kappa shape index (κ1) is 31.9. The highest BCUT2D eigenvalue weighted by Gasteiger charge is 2.44. The Kier molecular flexibility index (Phi) is 12.9. The molecule has 0 unspecified atom stereocenters. The van der Waals surface area contributed by atoms with E-state index in [1.165, 1.54) is 15.9 Å². The van der Waals surface area contributed by atoms with Crippen LogP contribution >= 0.6 is 7.26 Å². The number of benzene rings is 3. The molecule has 0 aliphatic carbocycles. The van der Waals surface area contributed by atoms with Crippen molar-refractivity contribution in [2.24, 2.45) is 0 Å². The van der Waals surface area contributed by atoms with Gasteiger partial charge in [0.25, 0.3) is 0 Å². The van der Waals surface area contributed by atoms with Crippen molar-refractivity contribution in [1.29, 1.82) is 0 Å². The first-order valence-electron chi connectivity index (χ1n) is 12.5.